The Bertz CT molecular complexity index is 1410. The summed E-state index contributed by atoms with van der Waals surface area (Å²) in [5.74, 6) is 0. The smallest absolute Gasteiger partial charge is 0.244 e. The monoisotopic (exact) mass is 462 g/mol. The number of hydrogen-bond donors (Lipinski definition) is 1. The van der Waals surface area contributed by atoms with Crippen LogP contribution in [0.4, 0.5) is 0 Å². The van der Waals surface area contributed by atoms with Crippen LogP contribution in [0.25, 0.3) is 10.9 Å². The van der Waals surface area contributed by atoms with Crippen LogP contribution in [0.2, 0.25) is 0 Å². The van der Waals surface area contributed by atoms with Gasteiger partial charge in [-0.3, -0.25) is 0 Å². The second-order valence-corrected chi connectivity index (χ2v) is 11.1. The van der Waals surface area contributed by atoms with E-state index in [9.17, 15) is 8.42 Å². The van der Waals surface area contributed by atoms with E-state index in [0.29, 0.717) is 17.9 Å². The normalized spacial score (nSPS) is 16.9. The first-order valence-corrected chi connectivity index (χ1v) is 13.4. The van der Waals surface area contributed by atoms with Crippen LogP contribution in [0.3, 0.4) is 0 Å². The molecule has 32 heavy (non-hydrogen) atoms. The maximum Gasteiger partial charge on any atom is 0.244 e. The van der Waals surface area contributed by atoms with Crippen LogP contribution < -0.4 is 0 Å². The molecule has 2 heterocycles. The highest BCUT2D eigenvalue weighted by molar-refractivity contribution is 7.98. The molecule has 0 saturated carbocycles. The van der Waals surface area contributed by atoms with Gasteiger partial charge in [0.2, 0.25) is 10.0 Å². The fourth-order valence-electron chi connectivity index (χ4n) is 4.71. The first-order chi connectivity index (χ1) is 15.4. The Labute approximate surface area is 193 Å². The van der Waals surface area contributed by atoms with Crippen molar-refractivity contribution in [3.8, 4) is 0 Å². The highest BCUT2D eigenvalue weighted by Gasteiger charge is 2.39. The van der Waals surface area contributed by atoms with Crippen LogP contribution in [0.5, 0.6) is 0 Å². The van der Waals surface area contributed by atoms with Crippen LogP contribution in [-0.4, -0.2) is 30.5 Å². The number of rotatable bonds is 4. The second kappa shape index (κ2) is 8.10. The molecule has 0 amide bonds. The molecule has 164 valence electrons. The minimum atomic E-state index is -3.70. The minimum Gasteiger partial charge on any atom is -0.357 e. The molecular weight excluding hydrogens is 436 g/mol. The van der Waals surface area contributed by atoms with Crippen LogP contribution in [0, 0.1) is 13.8 Å². The van der Waals surface area contributed by atoms with Crippen molar-refractivity contribution in [2.24, 2.45) is 0 Å². The number of sulfonamides is 1. The topological polar surface area (TPSA) is 53.2 Å². The van der Waals surface area contributed by atoms with E-state index in [0.717, 1.165) is 32.8 Å². The summed E-state index contributed by atoms with van der Waals surface area (Å²) in [7, 11) is -3.70. The zero-order valence-corrected chi connectivity index (χ0v) is 20.1. The SMILES string of the molecule is CSc1ccc(C2c3[nH]c4ccccc4c3CCN2S(=O)(=O)c2cc(C)ccc2C)cc1. The molecule has 0 aliphatic carbocycles. The number of hydrogen-bond acceptors (Lipinski definition) is 3. The van der Waals surface area contributed by atoms with Gasteiger partial charge in [-0.1, -0.05) is 42.5 Å². The van der Waals surface area contributed by atoms with Gasteiger partial charge in [-0.2, -0.15) is 4.31 Å². The van der Waals surface area contributed by atoms with Crippen molar-refractivity contribution < 1.29 is 8.42 Å². The number of nitrogens with zero attached hydrogens (tertiary/aromatic N) is 1. The summed E-state index contributed by atoms with van der Waals surface area (Å²) >= 11 is 1.68. The number of thioether (sulfide) groups is 1. The molecule has 0 saturated heterocycles. The Kier molecular flexibility index (Phi) is 5.40. The Balaban J connectivity index is 1.72. The lowest BCUT2D eigenvalue weighted by Crippen LogP contribution is -2.40. The number of aromatic nitrogens is 1. The summed E-state index contributed by atoms with van der Waals surface area (Å²) in [5.41, 5.74) is 5.93. The van der Waals surface area contributed by atoms with Crippen molar-refractivity contribution in [3.05, 3.63) is 94.7 Å². The maximum absolute atomic E-state index is 14.0. The third-order valence-electron chi connectivity index (χ3n) is 6.35. The molecule has 4 nitrogen and oxygen atoms in total. The minimum absolute atomic E-state index is 0.391. The van der Waals surface area contributed by atoms with E-state index in [1.54, 1.807) is 22.1 Å². The van der Waals surface area contributed by atoms with E-state index in [2.05, 4.69) is 41.4 Å². The van der Waals surface area contributed by atoms with Gasteiger partial charge in [0.15, 0.2) is 0 Å². The van der Waals surface area contributed by atoms with Gasteiger partial charge in [-0.25, -0.2) is 8.42 Å². The lowest BCUT2D eigenvalue weighted by Gasteiger charge is -2.35. The fraction of sp³-hybridized carbons (Fsp3) is 0.231. The van der Waals surface area contributed by atoms with E-state index in [1.165, 1.54) is 10.9 Å². The molecule has 1 unspecified atom stereocenters. The molecule has 4 aromatic rings. The molecule has 1 aliphatic heterocycles. The zero-order chi connectivity index (χ0) is 22.5. The summed E-state index contributed by atoms with van der Waals surface area (Å²) in [6, 6.07) is 21.7. The Morgan fingerprint density at radius 3 is 2.50 bits per heavy atom. The Morgan fingerprint density at radius 2 is 1.75 bits per heavy atom. The first-order valence-electron chi connectivity index (χ1n) is 10.7. The predicted molar refractivity (Wildman–Crippen MR) is 132 cm³/mol. The quantitative estimate of drug-likeness (QED) is 0.388. The maximum atomic E-state index is 14.0. The van der Waals surface area contributed by atoms with Gasteiger partial charge < -0.3 is 4.98 Å². The molecule has 1 atom stereocenters. The summed E-state index contributed by atoms with van der Waals surface area (Å²) < 4.78 is 29.7. The number of aryl methyl sites for hydroxylation is 2. The lowest BCUT2D eigenvalue weighted by atomic mass is 9.94. The Hall–Kier alpha value is -2.54. The van der Waals surface area contributed by atoms with Gasteiger partial charge in [0.05, 0.1) is 10.9 Å². The molecule has 3 aromatic carbocycles. The van der Waals surface area contributed by atoms with Crippen molar-refractivity contribution in [2.75, 3.05) is 12.8 Å². The van der Waals surface area contributed by atoms with Crippen molar-refractivity contribution in [1.29, 1.82) is 0 Å². The summed E-state index contributed by atoms with van der Waals surface area (Å²) in [5, 5.41) is 1.18. The fourth-order valence-corrected chi connectivity index (χ4v) is 7.02. The van der Waals surface area contributed by atoms with Crippen LogP contribution in [0.15, 0.2) is 76.5 Å². The highest BCUT2D eigenvalue weighted by Crippen LogP contribution is 2.41. The lowest BCUT2D eigenvalue weighted by molar-refractivity contribution is 0.340. The van der Waals surface area contributed by atoms with E-state index >= 15 is 0 Å². The van der Waals surface area contributed by atoms with E-state index in [4.69, 9.17) is 0 Å². The van der Waals surface area contributed by atoms with E-state index in [-0.39, 0.29) is 0 Å². The summed E-state index contributed by atoms with van der Waals surface area (Å²) in [6.45, 7) is 4.25. The highest BCUT2D eigenvalue weighted by atomic mass is 32.2. The number of para-hydroxylation sites is 1. The third kappa shape index (κ3) is 3.47. The summed E-state index contributed by atoms with van der Waals surface area (Å²) in [4.78, 5) is 5.11. The molecular formula is C26H26N2O2S2. The van der Waals surface area contributed by atoms with Gasteiger partial charge in [0, 0.05) is 28.0 Å². The first kappa shape index (κ1) is 21.3. The molecule has 0 radical (unpaired) electrons. The average molecular weight is 463 g/mol. The average Bonchev–Trinajstić information content (AvgIpc) is 3.19. The van der Waals surface area contributed by atoms with E-state index < -0.39 is 16.1 Å². The van der Waals surface area contributed by atoms with Gasteiger partial charge in [-0.15, -0.1) is 11.8 Å². The van der Waals surface area contributed by atoms with E-state index in [1.807, 2.05) is 44.4 Å². The molecule has 1 aliphatic rings. The number of benzene rings is 3. The molecule has 0 bridgehead atoms. The Morgan fingerprint density at radius 1 is 1.00 bits per heavy atom. The molecule has 1 N–H and O–H groups in total. The molecule has 0 spiro atoms. The van der Waals surface area contributed by atoms with Gasteiger partial charge >= 0.3 is 0 Å². The number of nitrogens with one attached hydrogen (secondary N) is 1. The molecule has 6 heteroatoms. The van der Waals surface area contributed by atoms with Gasteiger partial charge in [0.25, 0.3) is 0 Å². The third-order valence-corrected chi connectivity index (χ3v) is 9.10. The van der Waals surface area contributed by atoms with Crippen molar-refractivity contribution in [2.45, 2.75) is 36.1 Å². The number of H-pyrrole nitrogens is 1. The standard InChI is InChI=1S/C26H26N2O2S2/c1-17-8-9-18(2)24(16-17)32(29,30)28-15-14-22-21-6-4-5-7-23(21)27-25(22)26(28)19-10-12-20(31-3)13-11-19/h4-13,16,26-27H,14-15H2,1-3H3. The number of aromatic amines is 1. The molecule has 1 aromatic heterocycles. The van der Waals surface area contributed by atoms with Crippen LogP contribution in [0.1, 0.15) is 34.0 Å². The molecule has 0 fully saturated rings. The zero-order valence-electron chi connectivity index (χ0n) is 18.4. The van der Waals surface area contributed by atoms with Gasteiger partial charge in [-0.05, 0) is 73.0 Å². The molecule has 5 rings (SSSR count). The second-order valence-electron chi connectivity index (χ2n) is 8.37. The van der Waals surface area contributed by atoms with Crippen molar-refractivity contribution in [3.63, 3.8) is 0 Å². The largest absolute Gasteiger partial charge is 0.357 e. The summed E-state index contributed by atoms with van der Waals surface area (Å²) in [6.07, 6.45) is 2.73. The predicted octanol–water partition coefficient (Wildman–Crippen LogP) is 5.84. The van der Waals surface area contributed by atoms with Crippen LogP contribution in [-0.2, 0) is 16.4 Å². The van der Waals surface area contributed by atoms with Crippen molar-refractivity contribution >= 4 is 32.7 Å². The number of fused-ring (bicyclic) bond motifs is 3. The van der Waals surface area contributed by atoms with Crippen LogP contribution >= 0.6 is 11.8 Å². The van der Waals surface area contributed by atoms with Crippen molar-refractivity contribution in [1.82, 2.24) is 9.29 Å². The van der Waals surface area contributed by atoms with Gasteiger partial charge in [0.1, 0.15) is 0 Å².